The lowest BCUT2D eigenvalue weighted by molar-refractivity contribution is 0.100. The molecule has 0 aromatic carbocycles. The van der Waals surface area contributed by atoms with Crippen LogP contribution in [0.25, 0.3) is 0 Å². The molecule has 2 rings (SSSR count). The lowest BCUT2D eigenvalue weighted by Crippen LogP contribution is -2.39. The molecule has 1 atom stereocenters. The van der Waals surface area contributed by atoms with Crippen molar-refractivity contribution in [2.45, 2.75) is 37.8 Å². The Labute approximate surface area is 156 Å². The zero-order chi connectivity index (χ0) is 18.4. The summed E-state index contributed by atoms with van der Waals surface area (Å²) < 4.78 is 27.3. The highest BCUT2D eigenvalue weighted by Crippen LogP contribution is 2.19. The fraction of sp³-hybridized carbons (Fsp3) is 0.438. The van der Waals surface area contributed by atoms with E-state index in [1.165, 1.54) is 16.3 Å². The number of nitrogens with one attached hydrogen (secondary N) is 1. The number of nitrogens with two attached hydrogens (primary N) is 1. The Kier molecular flexibility index (Phi) is 7.14. The summed E-state index contributed by atoms with van der Waals surface area (Å²) in [4.78, 5) is 15.0. The first-order valence-corrected chi connectivity index (χ1v) is 11.2. The van der Waals surface area contributed by atoms with E-state index in [2.05, 4.69) is 29.5 Å². The Bertz CT molecular complexity index is 785. The van der Waals surface area contributed by atoms with E-state index in [4.69, 9.17) is 5.73 Å². The van der Waals surface area contributed by atoms with E-state index in [9.17, 15) is 13.2 Å². The SMILES string of the molecule is CC[C@H](C)N(CCNS(=O)(=O)c1csc(C(N)=O)c1)Cc1cccs1. The van der Waals surface area contributed by atoms with Gasteiger partial charge in [0.2, 0.25) is 10.0 Å². The van der Waals surface area contributed by atoms with Gasteiger partial charge in [0, 0.05) is 35.9 Å². The topological polar surface area (TPSA) is 92.5 Å². The largest absolute Gasteiger partial charge is 0.365 e. The third-order valence-corrected chi connectivity index (χ3v) is 7.37. The van der Waals surface area contributed by atoms with Crippen LogP contribution < -0.4 is 10.5 Å². The van der Waals surface area contributed by atoms with Gasteiger partial charge in [-0.3, -0.25) is 9.69 Å². The van der Waals surface area contributed by atoms with E-state index in [0.29, 0.717) is 19.1 Å². The Morgan fingerprint density at radius 1 is 1.40 bits per heavy atom. The van der Waals surface area contributed by atoms with Crippen molar-refractivity contribution < 1.29 is 13.2 Å². The molecular weight excluding hydrogens is 378 g/mol. The number of thiophene rings is 2. The molecule has 0 radical (unpaired) electrons. The number of sulfonamides is 1. The summed E-state index contributed by atoms with van der Waals surface area (Å²) in [5.41, 5.74) is 5.17. The van der Waals surface area contributed by atoms with Gasteiger partial charge in [0.05, 0.1) is 9.77 Å². The summed E-state index contributed by atoms with van der Waals surface area (Å²) in [5.74, 6) is -0.620. The number of primary amides is 1. The molecule has 0 aliphatic carbocycles. The number of carbonyl (C=O) groups excluding carboxylic acids is 1. The van der Waals surface area contributed by atoms with Gasteiger partial charge in [-0.25, -0.2) is 13.1 Å². The second kappa shape index (κ2) is 8.91. The highest BCUT2D eigenvalue weighted by atomic mass is 32.2. The summed E-state index contributed by atoms with van der Waals surface area (Å²) in [6.07, 6.45) is 0.991. The van der Waals surface area contributed by atoms with Gasteiger partial charge in [-0.05, 0) is 30.9 Å². The zero-order valence-corrected chi connectivity index (χ0v) is 16.7. The van der Waals surface area contributed by atoms with Crippen molar-refractivity contribution >= 4 is 38.6 Å². The van der Waals surface area contributed by atoms with Crippen LogP contribution in [0, 0.1) is 0 Å². The minimum absolute atomic E-state index is 0.0830. The second-order valence-electron chi connectivity index (χ2n) is 5.72. The van der Waals surface area contributed by atoms with Crippen LogP contribution in [-0.4, -0.2) is 38.4 Å². The predicted octanol–water partition coefficient (Wildman–Crippen LogP) is 2.49. The Hall–Kier alpha value is -1.26. The molecule has 9 heteroatoms. The summed E-state index contributed by atoms with van der Waals surface area (Å²) in [5, 5.41) is 3.47. The van der Waals surface area contributed by atoms with Crippen molar-refractivity contribution in [1.82, 2.24) is 9.62 Å². The number of amides is 1. The second-order valence-corrected chi connectivity index (χ2v) is 9.43. The molecule has 0 saturated carbocycles. The maximum atomic E-state index is 12.3. The van der Waals surface area contributed by atoms with Gasteiger partial charge in [-0.2, -0.15) is 0 Å². The Morgan fingerprint density at radius 3 is 2.72 bits per heavy atom. The molecule has 0 saturated heterocycles. The predicted molar refractivity (Wildman–Crippen MR) is 103 cm³/mol. The molecule has 25 heavy (non-hydrogen) atoms. The normalized spacial score (nSPS) is 13.2. The van der Waals surface area contributed by atoms with Crippen LogP contribution >= 0.6 is 22.7 Å². The third kappa shape index (κ3) is 5.61. The van der Waals surface area contributed by atoms with Crippen LogP contribution in [0.4, 0.5) is 0 Å². The summed E-state index contributed by atoms with van der Waals surface area (Å²) in [6, 6.07) is 5.77. The van der Waals surface area contributed by atoms with Crippen molar-refractivity contribution in [3.05, 3.63) is 38.7 Å². The molecule has 0 unspecified atom stereocenters. The molecule has 2 heterocycles. The van der Waals surface area contributed by atoms with Crippen LogP contribution in [0.5, 0.6) is 0 Å². The van der Waals surface area contributed by atoms with E-state index in [1.807, 2.05) is 11.4 Å². The smallest absolute Gasteiger partial charge is 0.258 e. The van der Waals surface area contributed by atoms with Gasteiger partial charge in [0.1, 0.15) is 0 Å². The average Bonchev–Trinajstić information content (AvgIpc) is 3.24. The first-order valence-electron chi connectivity index (χ1n) is 7.98. The average molecular weight is 402 g/mol. The van der Waals surface area contributed by atoms with Gasteiger partial charge < -0.3 is 5.73 Å². The lowest BCUT2D eigenvalue weighted by Gasteiger charge is -2.28. The molecule has 0 fully saturated rings. The standard InChI is InChI=1S/C16H23N3O3S3/c1-3-12(2)19(10-13-5-4-8-23-13)7-6-18-25(21,22)14-9-15(16(17)20)24-11-14/h4-5,8-9,11-12,18H,3,6-7,10H2,1-2H3,(H2,17,20)/t12-/m0/s1. The quantitative estimate of drug-likeness (QED) is 0.640. The monoisotopic (exact) mass is 401 g/mol. The minimum Gasteiger partial charge on any atom is -0.365 e. The molecule has 0 spiro atoms. The maximum absolute atomic E-state index is 12.3. The zero-order valence-electron chi connectivity index (χ0n) is 14.3. The van der Waals surface area contributed by atoms with E-state index in [-0.39, 0.29) is 9.77 Å². The van der Waals surface area contributed by atoms with Crippen molar-refractivity contribution in [2.24, 2.45) is 5.73 Å². The van der Waals surface area contributed by atoms with Gasteiger partial charge >= 0.3 is 0 Å². The van der Waals surface area contributed by atoms with Crippen LogP contribution in [0.1, 0.15) is 34.8 Å². The molecule has 6 nitrogen and oxygen atoms in total. The van der Waals surface area contributed by atoms with Gasteiger partial charge in [0.25, 0.3) is 5.91 Å². The molecule has 0 aliphatic heterocycles. The summed E-state index contributed by atoms with van der Waals surface area (Å²) in [6.45, 7) is 5.98. The Balaban J connectivity index is 1.96. The fourth-order valence-corrected chi connectivity index (χ4v) is 5.19. The Morgan fingerprint density at radius 2 is 2.16 bits per heavy atom. The van der Waals surface area contributed by atoms with Gasteiger partial charge in [0.15, 0.2) is 0 Å². The van der Waals surface area contributed by atoms with Crippen LogP contribution in [0.15, 0.2) is 33.9 Å². The maximum Gasteiger partial charge on any atom is 0.258 e. The van der Waals surface area contributed by atoms with Gasteiger partial charge in [-0.1, -0.05) is 13.0 Å². The van der Waals surface area contributed by atoms with Crippen molar-refractivity contribution in [2.75, 3.05) is 13.1 Å². The molecule has 0 bridgehead atoms. The third-order valence-electron chi connectivity index (χ3n) is 3.97. The van der Waals surface area contributed by atoms with E-state index >= 15 is 0 Å². The van der Waals surface area contributed by atoms with Crippen LogP contribution in [0.3, 0.4) is 0 Å². The molecule has 138 valence electrons. The molecular formula is C16H23N3O3S3. The van der Waals surface area contributed by atoms with Crippen LogP contribution in [0.2, 0.25) is 0 Å². The van der Waals surface area contributed by atoms with Crippen molar-refractivity contribution in [1.29, 1.82) is 0 Å². The van der Waals surface area contributed by atoms with Crippen molar-refractivity contribution in [3.63, 3.8) is 0 Å². The lowest BCUT2D eigenvalue weighted by atomic mass is 10.2. The molecule has 2 aromatic rings. The van der Waals surface area contributed by atoms with E-state index < -0.39 is 15.9 Å². The van der Waals surface area contributed by atoms with Crippen LogP contribution in [-0.2, 0) is 16.6 Å². The van der Waals surface area contributed by atoms with Gasteiger partial charge in [-0.15, -0.1) is 22.7 Å². The number of hydrogen-bond donors (Lipinski definition) is 2. The first kappa shape index (κ1) is 20.1. The van der Waals surface area contributed by atoms with Crippen molar-refractivity contribution in [3.8, 4) is 0 Å². The summed E-state index contributed by atoms with van der Waals surface area (Å²) in [7, 11) is -3.63. The molecule has 0 aliphatic rings. The van der Waals surface area contributed by atoms with E-state index in [1.54, 1.807) is 11.3 Å². The molecule has 2 aromatic heterocycles. The first-order chi connectivity index (χ1) is 11.8. The number of hydrogen-bond acceptors (Lipinski definition) is 6. The molecule has 3 N–H and O–H groups in total. The highest BCUT2D eigenvalue weighted by molar-refractivity contribution is 7.89. The molecule has 1 amide bonds. The number of rotatable bonds is 10. The highest BCUT2D eigenvalue weighted by Gasteiger charge is 2.19. The summed E-state index contributed by atoms with van der Waals surface area (Å²) >= 11 is 2.73. The van der Waals surface area contributed by atoms with E-state index in [0.717, 1.165) is 24.3 Å². The number of carbonyl (C=O) groups is 1. The minimum atomic E-state index is -3.63. The number of nitrogens with zero attached hydrogens (tertiary/aromatic N) is 1. The fourth-order valence-electron chi connectivity index (χ4n) is 2.31.